The van der Waals surface area contributed by atoms with E-state index in [1.54, 1.807) is 12.1 Å². The molecule has 0 spiro atoms. The van der Waals surface area contributed by atoms with Crippen molar-refractivity contribution < 1.29 is 9.50 Å². The lowest BCUT2D eigenvalue weighted by Crippen LogP contribution is -2.00. The molecule has 21 heavy (non-hydrogen) atoms. The number of rotatable bonds is 8. The van der Waals surface area contributed by atoms with E-state index in [4.69, 9.17) is 0 Å². The van der Waals surface area contributed by atoms with Crippen LogP contribution in [0.4, 0.5) is 9.52 Å². The third-order valence-electron chi connectivity index (χ3n) is 2.83. The zero-order valence-electron chi connectivity index (χ0n) is 11.8. The highest BCUT2D eigenvalue weighted by Gasteiger charge is 2.11. The predicted octanol–water partition coefficient (Wildman–Crippen LogP) is 3.71. The fourth-order valence-electron chi connectivity index (χ4n) is 1.64. The van der Waals surface area contributed by atoms with Crippen LogP contribution in [0.15, 0.2) is 28.6 Å². The Labute approximate surface area is 131 Å². The monoisotopic (exact) mass is 327 g/mol. The van der Waals surface area contributed by atoms with Gasteiger partial charge in [-0.2, -0.15) is 0 Å². The van der Waals surface area contributed by atoms with E-state index in [0.29, 0.717) is 11.3 Å². The van der Waals surface area contributed by atoms with E-state index < -0.39 is 6.10 Å². The summed E-state index contributed by atoms with van der Waals surface area (Å²) >= 11 is 2.93. The molecule has 0 saturated carbocycles. The van der Waals surface area contributed by atoms with Gasteiger partial charge in [0, 0.05) is 12.3 Å². The molecule has 1 atom stereocenters. The molecule has 1 unspecified atom stereocenters. The van der Waals surface area contributed by atoms with Gasteiger partial charge in [-0.1, -0.05) is 48.6 Å². The molecule has 2 aromatic rings. The fourth-order valence-corrected chi connectivity index (χ4v) is 3.41. The van der Waals surface area contributed by atoms with Gasteiger partial charge in [0.05, 0.1) is 6.10 Å². The van der Waals surface area contributed by atoms with Gasteiger partial charge in [0.2, 0.25) is 5.13 Å². The van der Waals surface area contributed by atoms with Crippen LogP contribution in [0.3, 0.4) is 0 Å². The molecular weight excluding hydrogens is 309 g/mol. The Kier molecular flexibility index (Phi) is 6.41. The second kappa shape index (κ2) is 8.31. The van der Waals surface area contributed by atoms with Crippen molar-refractivity contribution in [3.8, 4) is 0 Å². The second-order valence-electron chi connectivity index (χ2n) is 4.53. The van der Waals surface area contributed by atoms with Crippen molar-refractivity contribution >= 4 is 28.2 Å². The number of aliphatic hydroxyl groups excluding tert-OH is 1. The van der Waals surface area contributed by atoms with Gasteiger partial charge < -0.3 is 10.4 Å². The van der Waals surface area contributed by atoms with Gasteiger partial charge in [0.25, 0.3) is 0 Å². The van der Waals surface area contributed by atoms with E-state index in [9.17, 15) is 9.50 Å². The van der Waals surface area contributed by atoms with Gasteiger partial charge in [-0.15, -0.1) is 10.2 Å². The molecule has 0 radical (unpaired) electrons. The molecule has 2 N–H and O–H groups in total. The Balaban J connectivity index is 1.81. The summed E-state index contributed by atoms with van der Waals surface area (Å²) in [5.74, 6) is 0.167. The Morgan fingerprint density at radius 3 is 2.81 bits per heavy atom. The molecule has 0 bridgehead atoms. The summed E-state index contributed by atoms with van der Waals surface area (Å²) in [6.07, 6.45) is 1.60. The number of aliphatic hydroxyl groups is 1. The van der Waals surface area contributed by atoms with Crippen LogP contribution in [0, 0.1) is 5.82 Å². The average molecular weight is 327 g/mol. The molecule has 0 saturated heterocycles. The average Bonchev–Trinajstić information content (AvgIpc) is 2.94. The summed E-state index contributed by atoms with van der Waals surface area (Å²) in [5.41, 5.74) is 0.703. The highest BCUT2D eigenvalue weighted by Crippen LogP contribution is 2.29. The molecule has 7 heteroatoms. The van der Waals surface area contributed by atoms with Crippen LogP contribution in [0.25, 0.3) is 0 Å². The maximum atomic E-state index is 12.8. The third kappa shape index (κ3) is 5.26. The summed E-state index contributed by atoms with van der Waals surface area (Å²) in [7, 11) is 0. The minimum Gasteiger partial charge on any atom is -0.388 e. The van der Waals surface area contributed by atoms with Crippen LogP contribution >= 0.6 is 23.1 Å². The topological polar surface area (TPSA) is 58.0 Å². The van der Waals surface area contributed by atoms with Crippen LogP contribution in [0.2, 0.25) is 0 Å². The lowest BCUT2D eigenvalue weighted by atomic mass is 10.1. The summed E-state index contributed by atoms with van der Waals surface area (Å²) < 4.78 is 13.6. The molecule has 0 fully saturated rings. The SMILES string of the molecule is CCCCNc1nnc(SCC(O)c2ccc(F)cc2)s1. The lowest BCUT2D eigenvalue weighted by molar-refractivity contribution is 0.204. The number of aromatic nitrogens is 2. The van der Waals surface area contributed by atoms with Crippen molar-refractivity contribution in [3.05, 3.63) is 35.6 Å². The standard InChI is InChI=1S/C14H18FN3OS2/c1-2-3-8-16-13-17-18-14(21-13)20-9-12(19)10-4-6-11(15)7-5-10/h4-7,12,19H,2-3,8-9H2,1H3,(H,16,17). The van der Waals surface area contributed by atoms with Crippen LogP contribution in [-0.2, 0) is 0 Å². The first-order valence-corrected chi connectivity index (χ1v) is 8.63. The van der Waals surface area contributed by atoms with Gasteiger partial charge in [0.1, 0.15) is 5.82 Å². The van der Waals surface area contributed by atoms with Crippen LogP contribution in [0.1, 0.15) is 31.4 Å². The molecule has 0 amide bonds. The third-order valence-corrected chi connectivity index (χ3v) is 4.92. The Morgan fingerprint density at radius 2 is 2.10 bits per heavy atom. The van der Waals surface area contributed by atoms with Crippen molar-refractivity contribution in [1.82, 2.24) is 10.2 Å². The summed E-state index contributed by atoms with van der Waals surface area (Å²) in [4.78, 5) is 0. The van der Waals surface area contributed by atoms with Crippen molar-refractivity contribution in [2.45, 2.75) is 30.2 Å². The lowest BCUT2D eigenvalue weighted by Gasteiger charge is -2.08. The first-order chi connectivity index (χ1) is 10.2. The minimum absolute atomic E-state index is 0.300. The first kappa shape index (κ1) is 16.2. The molecule has 1 aromatic carbocycles. The molecular formula is C14H18FN3OS2. The number of nitrogens with one attached hydrogen (secondary N) is 1. The molecule has 4 nitrogen and oxygen atoms in total. The van der Waals surface area contributed by atoms with E-state index >= 15 is 0 Å². The summed E-state index contributed by atoms with van der Waals surface area (Å²) in [6, 6.07) is 5.89. The van der Waals surface area contributed by atoms with E-state index in [0.717, 1.165) is 28.9 Å². The largest absolute Gasteiger partial charge is 0.388 e. The molecule has 1 aromatic heterocycles. The van der Waals surface area contributed by atoms with E-state index in [1.165, 1.54) is 35.2 Å². The summed E-state index contributed by atoms with van der Waals surface area (Å²) in [6.45, 7) is 3.04. The number of thioether (sulfide) groups is 1. The van der Waals surface area contributed by atoms with Gasteiger partial charge in [-0.25, -0.2) is 4.39 Å². The number of hydrogen-bond acceptors (Lipinski definition) is 6. The fraction of sp³-hybridized carbons (Fsp3) is 0.429. The van der Waals surface area contributed by atoms with Crippen molar-refractivity contribution in [2.24, 2.45) is 0 Å². The predicted molar refractivity (Wildman–Crippen MR) is 85.4 cm³/mol. The Hall–Kier alpha value is -1.18. The van der Waals surface area contributed by atoms with Crippen molar-refractivity contribution in [3.63, 3.8) is 0 Å². The number of unbranched alkanes of at least 4 members (excludes halogenated alkanes) is 1. The van der Waals surface area contributed by atoms with Crippen LogP contribution in [0.5, 0.6) is 0 Å². The Morgan fingerprint density at radius 1 is 1.33 bits per heavy atom. The van der Waals surface area contributed by atoms with E-state index in [1.807, 2.05) is 0 Å². The van der Waals surface area contributed by atoms with Crippen LogP contribution in [-0.4, -0.2) is 27.6 Å². The number of hydrogen-bond donors (Lipinski definition) is 2. The maximum absolute atomic E-state index is 12.8. The van der Waals surface area contributed by atoms with E-state index in [-0.39, 0.29) is 5.82 Å². The molecule has 0 aliphatic rings. The van der Waals surface area contributed by atoms with E-state index in [2.05, 4.69) is 22.4 Å². The molecule has 2 rings (SSSR count). The van der Waals surface area contributed by atoms with Crippen molar-refractivity contribution in [2.75, 3.05) is 17.6 Å². The van der Waals surface area contributed by atoms with Crippen LogP contribution < -0.4 is 5.32 Å². The number of nitrogens with zero attached hydrogens (tertiary/aromatic N) is 2. The quantitative estimate of drug-likeness (QED) is 0.572. The van der Waals surface area contributed by atoms with Gasteiger partial charge in [0.15, 0.2) is 4.34 Å². The first-order valence-electron chi connectivity index (χ1n) is 6.82. The highest BCUT2D eigenvalue weighted by molar-refractivity contribution is 8.01. The minimum atomic E-state index is -0.643. The van der Waals surface area contributed by atoms with Gasteiger partial charge in [-0.3, -0.25) is 0 Å². The van der Waals surface area contributed by atoms with Crippen molar-refractivity contribution in [1.29, 1.82) is 0 Å². The zero-order valence-corrected chi connectivity index (χ0v) is 13.4. The second-order valence-corrected chi connectivity index (χ2v) is 6.78. The summed E-state index contributed by atoms with van der Waals surface area (Å²) in [5, 5.41) is 22.2. The molecule has 114 valence electrons. The number of halogens is 1. The molecule has 0 aliphatic heterocycles. The molecule has 0 aliphatic carbocycles. The number of anilines is 1. The zero-order chi connectivity index (χ0) is 15.1. The van der Waals surface area contributed by atoms with Gasteiger partial charge >= 0.3 is 0 Å². The van der Waals surface area contributed by atoms with Gasteiger partial charge in [-0.05, 0) is 24.1 Å². The smallest absolute Gasteiger partial charge is 0.206 e. The maximum Gasteiger partial charge on any atom is 0.206 e. The normalized spacial score (nSPS) is 12.3. The Bertz CT molecular complexity index is 547. The highest BCUT2D eigenvalue weighted by atomic mass is 32.2. The molecule has 1 heterocycles. The number of benzene rings is 1.